The van der Waals surface area contributed by atoms with Crippen LogP contribution in [0.3, 0.4) is 0 Å². The van der Waals surface area contributed by atoms with Crippen LogP contribution in [0.15, 0.2) is 64.9 Å². The van der Waals surface area contributed by atoms with Crippen molar-refractivity contribution in [1.82, 2.24) is 19.7 Å². The van der Waals surface area contributed by atoms with Gasteiger partial charge in [-0.05, 0) is 24.3 Å². The third-order valence-electron chi connectivity index (χ3n) is 3.47. The Balaban J connectivity index is 1.46. The molecule has 0 saturated heterocycles. The van der Waals surface area contributed by atoms with E-state index in [9.17, 15) is 0 Å². The maximum atomic E-state index is 4.32. The van der Waals surface area contributed by atoms with Gasteiger partial charge in [-0.15, -0.1) is 22.0 Å². The topological polar surface area (TPSA) is 43.6 Å². The first-order valence-corrected chi connectivity index (χ1v) is 8.95. The van der Waals surface area contributed by atoms with Crippen LogP contribution >= 0.6 is 23.5 Å². The molecule has 4 rings (SSSR count). The number of thioether (sulfide) groups is 2. The van der Waals surface area contributed by atoms with E-state index in [-0.39, 0.29) is 0 Å². The molecule has 3 aromatic rings. The molecule has 4 nitrogen and oxygen atoms in total. The molecule has 110 valence electrons. The molecule has 22 heavy (non-hydrogen) atoms. The Hall–Kier alpha value is -1.79. The zero-order chi connectivity index (χ0) is 14.8. The lowest BCUT2D eigenvalue weighted by molar-refractivity contribution is 0.678. The molecule has 2 aromatic heterocycles. The highest BCUT2D eigenvalue weighted by Gasteiger charge is 2.27. The summed E-state index contributed by atoms with van der Waals surface area (Å²) in [5, 5.41) is 10.2. The Morgan fingerprint density at radius 3 is 2.86 bits per heavy atom. The van der Waals surface area contributed by atoms with Crippen LogP contribution in [0, 0.1) is 0 Å². The van der Waals surface area contributed by atoms with E-state index in [1.165, 1.54) is 4.90 Å². The maximum Gasteiger partial charge on any atom is 0.191 e. The number of aromatic nitrogens is 4. The molecule has 6 heteroatoms. The summed E-state index contributed by atoms with van der Waals surface area (Å²) in [4.78, 5) is 5.49. The largest absolute Gasteiger partial charge is 0.301 e. The highest BCUT2D eigenvalue weighted by molar-refractivity contribution is 8.03. The van der Waals surface area contributed by atoms with E-state index in [4.69, 9.17) is 0 Å². The van der Waals surface area contributed by atoms with Gasteiger partial charge in [0.15, 0.2) is 11.0 Å². The van der Waals surface area contributed by atoms with Crippen molar-refractivity contribution in [3.8, 4) is 11.4 Å². The molecule has 0 N–H and O–H groups in total. The molecular formula is C16H14N4S2. The number of hydrogen-bond acceptors (Lipinski definition) is 5. The predicted octanol–water partition coefficient (Wildman–Crippen LogP) is 3.61. The van der Waals surface area contributed by atoms with Gasteiger partial charge < -0.3 is 4.57 Å². The van der Waals surface area contributed by atoms with Crippen LogP contribution < -0.4 is 0 Å². The number of nitrogens with zero attached hydrogens (tertiary/aromatic N) is 4. The number of rotatable bonds is 4. The first-order chi connectivity index (χ1) is 10.9. The fourth-order valence-corrected chi connectivity index (χ4v) is 4.64. The summed E-state index contributed by atoms with van der Waals surface area (Å²) in [6.45, 7) is 0.955. The fourth-order valence-electron chi connectivity index (χ4n) is 2.43. The Labute approximate surface area is 137 Å². The Kier molecular flexibility index (Phi) is 3.86. The average molecular weight is 326 g/mol. The van der Waals surface area contributed by atoms with E-state index in [0.29, 0.717) is 5.25 Å². The molecule has 0 radical (unpaired) electrons. The van der Waals surface area contributed by atoms with Gasteiger partial charge in [-0.3, -0.25) is 4.98 Å². The monoisotopic (exact) mass is 326 g/mol. The molecule has 0 aliphatic carbocycles. The second kappa shape index (κ2) is 6.14. The molecule has 0 saturated carbocycles. The second-order valence-electron chi connectivity index (χ2n) is 5.02. The summed E-state index contributed by atoms with van der Waals surface area (Å²) in [6.07, 6.45) is 3.62. The van der Waals surface area contributed by atoms with E-state index in [1.54, 1.807) is 6.20 Å². The molecule has 0 fully saturated rings. The zero-order valence-electron chi connectivity index (χ0n) is 11.8. The van der Waals surface area contributed by atoms with Crippen molar-refractivity contribution in [1.29, 1.82) is 0 Å². The van der Waals surface area contributed by atoms with Crippen molar-refractivity contribution < 1.29 is 0 Å². The van der Waals surface area contributed by atoms with Gasteiger partial charge in [0.2, 0.25) is 0 Å². The molecule has 1 aromatic carbocycles. The first kappa shape index (κ1) is 13.8. The standard InChI is InChI=1S/C16H14N4S2/c1-2-6-13(7-3-1)21-11-14-10-20-15(18-19-16(20)22-14)12-5-4-8-17-9-12/h1-9,14H,10-11H2/t14-/m0/s1. The quantitative estimate of drug-likeness (QED) is 0.685. The first-order valence-electron chi connectivity index (χ1n) is 7.08. The lowest BCUT2D eigenvalue weighted by Gasteiger charge is -2.08. The van der Waals surface area contributed by atoms with Crippen LogP contribution in [0.25, 0.3) is 11.4 Å². The molecule has 1 aliphatic heterocycles. The van der Waals surface area contributed by atoms with E-state index < -0.39 is 0 Å². The molecule has 0 bridgehead atoms. The number of benzene rings is 1. The van der Waals surface area contributed by atoms with Crippen molar-refractivity contribution >= 4 is 23.5 Å². The number of fused-ring (bicyclic) bond motifs is 1. The molecule has 0 unspecified atom stereocenters. The van der Waals surface area contributed by atoms with E-state index >= 15 is 0 Å². The third-order valence-corrected chi connectivity index (χ3v) is 6.02. The van der Waals surface area contributed by atoms with Crippen molar-refractivity contribution in [2.45, 2.75) is 21.8 Å². The third kappa shape index (κ3) is 2.76. The zero-order valence-corrected chi connectivity index (χ0v) is 13.4. The molecule has 0 amide bonds. The Bertz CT molecular complexity index is 758. The lowest BCUT2D eigenvalue weighted by atomic mass is 10.2. The SMILES string of the molecule is c1ccc(SC[C@@H]2Cn3c(nnc3-c3cccnc3)S2)cc1. The van der Waals surface area contributed by atoms with Crippen LogP contribution in [-0.4, -0.2) is 30.8 Å². The fraction of sp³-hybridized carbons (Fsp3) is 0.188. The smallest absolute Gasteiger partial charge is 0.191 e. The minimum atomic E-state index is 0.533. The molecule has 1 atom stereocenters. The number of pyridine rings is 1. The van der Waals surface area contributed by atoms with Crippen LogP contribution in [0.2, 0.25) is 0 Å². The summed E-state index contributed by atoms with van der Waals surface area (Å²) in [5.41, 5.74) is 1.03. The average Bonchev–Trinajstić information content (AvgIpc) is 3.15. The lowest BCUT2D eigenvalue weighted by Crippen LogP contribution is -2.09. The summed E-state index contributed by atoms with van der Waals surface area (Å²) in [7, 11) is 0. The summed E-state index contributed by atoms with van der Waals surface area (Å²) < 4.78 is 2.21. The van der Waals surface area contributed by atoms with Gasteiger partial charge in [-0.1, -0.05) is 30.0 Å². The van der Waals surface area contributed by atoms with E-state index in [2.05, 4.69) is 50.1 Å². The van der Waals surface area contributed by atoms with Crippen LogP contribution in [0.4, 0.5) is 0 Å². The Morgan fingerprint density at radius 2 is 2.05 bits per heavy atom. The van der Waals surface area contributed by atoms with E-state index in [0.717, 1.165) is 28.8 Å². The van der Waals surface area contributed by atoms with Gasteiger partial charge >= 0.3 is 0 Å². The summed E-state index contributed by atoms with van der Waals surface area (Å²) >= 11 is 3.72. The highest BCUT2D eigenvalue weighted by Crippen LogP contribution is 2.36. The summed E-state index contributed by atoms with van der Waals surface area (Å²) in [5.74, 6) is 1.99. The predicted molar refractivity (Wildman–Crippen MR) is 90.1 cm³/mol. The Morgan fingerprint density at radius 1 is 1.14 bits per heavy atom. The molecular weight excluding hydrogens is 312 g/mol. The van der Waals surface area contributed by atoms with Gasteiger partial charge in [-0.2, -0.15) is 0 Å². The molecule has 3 heterocycles. The maximum absolute atomic E-state index is 4.32. The van der Waals surface area contributed by atoms with Crippen molar-refractivity contribution in [3.05, 3.63) is 54.9 Å². The molecule has 0 spiro atoms. The summed E-state index contributed by atoms with van der Waals surface area (Å²) in [6, 6.07) is 14.5. The van der Waals surface area contributed by atoms with Gasteiger partial charge in [0.25, 0.3) is 0 Å². The van der Waals surface area contributed by atoms with Crippen molar-refractivity contribution in [2.75, 3.05) is 5.75 Å². The van der Waals surface area contributed by atoms with Crippen LogP contribution in [0.1, 0.15) is 0 Å². The van der Waals surface area contributed by atoms with Gasteiger partial charge in [0.1, 0.15) is 0 Å². The highest BCUT2D eigenvalue weighted by atomic mass is 32.2. The number of hydrogen-bond donors (Lipinski definition) is 0. The second-order valence-corrected chi connectivity index (χ2v) is 7.38. The van der Waals surface area contributed by atoms with Crippen LogP contribution in [-0.2, 0) is 6.54 Å². The van der Waals surface area contributed by atoms with Crippen molar-refractivity contribution in [2.24, 2.45) is 0 Å². The van der Waals surface area contributed by atoms with Gasteiger partial charge in [0, 0.05) is 40.4 Å². The normalized spacial score (nSPS) is 16.6. The van der Waals surface area contributed by atoms with Gasteiger partial charge in [-0.25, -0.2) is 0 Å². The van der Waals surface area contributed by atoms with Gasteiger partial charge in [0.05, 0.1) is 0 Å². The van der Waals surface area contributed by atoms with E-state index in [1.807, 2.05) is 41.9 Å². The molecule has 1 aliphatic rings. The minimum Gasteiger partial charge on any atom is -0.301 e. The van der Waals surface area contributed by atoms with Crippen LogP contribution in [0.5, 0.6) is 0 Å². The minimum absolute atomic E-state index is 0.533. The van der Waals surface area contributed by atoms with Crippen molar-refractivity contribution in [3.63, 3.8) is 0 Å².